The normalized spacial score (nSPS) is 10.3. The smallest absolute Gasteiger partial charge is 0.255 e. The van der Waals surface area contributed by atoms with E-state index in [0.717, 1.165) is 10.4 Å². The van der Waals surface area contributed by atoms with Crippen LogP contribution in [0.25, 0.3) is 10.4 Å². The van der Waals surface area contributed by atoms with Gasteiger partial charge in [0.2, 0.25) is 0 Å². The largest absolute Gasteiger partial charge is 0.497 e. The van der Waals surface area contributed by atoms with Gasteiger partial charge in [0.1, 0.15) is 5.75 Å². The minimum atomic E-state index is -0.223. The molecule has 0 aliphatic rings. The van der Waals surface area contributed by atoms with Crippen molar-refractivity contribution in [1.82, 2.24) is 0 Å². The van der Waals surface area contributed by atoms with Crippen LogP contribution in [0.3, 0.4) is 0 Å². The highest BCUT2D eigenvalue weighted by Crippen LogP contribution is 2.30. The minimum Gasteiger partial charge on any atom is -0.497 e. The number of hydrogen-bond donors (Lipinski definition) is 2. The van der Waals surface area contributed by atoms with Crippen molar-refractivity contribution in [2.24, 2.45) is 0 Å². The third kappa shape index (κ3) is 3.35. The molecule has 1 aromatic heterocycles. The Balaban J connectivity index is 1.87. The molecule has 0 saturated carbocycles. The average Bonchev–Trinajstić information content (AvgIpc) is 3.11. The van der Waals surface area contributed by atoms with E-state index in [9.17, 15) is 4.79 Å². The third-order valence-electron chi connectivity index (χ3n) is 3.44. The van der Waals surface area contributed by atoms with E-state index >= 15 is 0 Å². The van der Waals surface area contributed by atoms with Gasteiger partial charge in [-0.3, -0.25) is 4.79 Å². The number of benzene rings is 2. The minimum absolute atomic E-state index is 0.223. The molecule has 3 N–H and O–H groups in total. The molecule has 0 atom stereocenters. The maximum absolute atomic E-state index is 12.4. The van der Waals surface area contributed by atoms with Gasteiger partial charge in [0.25, 0.3) is 5.91 Å². The first-order valence-corrected chi connectivity index (χ1v) is 7.94. The molecule has 0 bridgehead atoms. The molecular formula is C18H16N2O2S. The number of carbonyl (C=O) groups excluding carboxylic acids is 1. The average molecular weight is 324 g/mol. The predicted molar refractivity (Wildman–Crippen MR) is 95.1 cm³/mol. The second-order valence-corrected chi connectivity index (χ2v) is 5.91. The van der Waals surface area contributed by atoms with Gasteiger partial charge in [0, 0.05) is 10.4 Å². The monoisotopic (exact) mass is 324 g/mol. The van der Waals surface area contributed by atoms with Crippen LogP contribution in [0, 0.1) is 0 Å². The van der Waals surface area contributed by atoms with Crippen LogP contribution in [0.4, 0.5) is 11.4 Å². The Bertz CT molecular complexity index is 829. The maximum atomic E-state index is 12.4. The van der Waals surface area contributed by atoms with Gasteiger partial charge < -0.3 is 15.8 Å². The first-order valence-electron chi connectivity index (χ1n) is 7.06. The van der Waals surface area contributed by atoms with E-state index in [2.05, 4.69) is 5.32 Å². The summed E-state index contributed by atoms with van der Waals surface area (Å²) in [6, 6.07) is 16.7. The van der Waals surface area contributed by atoms with Gasteiger partial charge in [-0.15, -0.1) is 11.3 Å². The number of hydrogen-bond acceptors (Lipinski definition) is 4. The van der Waals surface area contributed by atoms with Crippen molar-refractivity contribution in [2.45, 2.75) is 0 Å². The van der Waals surface area contributed by atoms with Crippen molar-refractivity contribution >= 4 is 28.6 Å². The summed E-state index contributed by atoms with van der Waals surface area (Å²) in [4.78, 5) is 13.5. The van der Waals surface area contributed by atoms with Crippen LogP contribution < -0.4 is 15.8 Å². The number of nitrogen functional groups attached to an aromatic ring is 1. The summed E-state index contributed by atoms with van der Waals surface area (Å²) in [6.45, 7) is 0. The highest BCUT2D eigenvalue weighted by atomic mass is 32.1. The zero-order chi connectivity index (χ0) is 16.2. The predicted octanol–water partition coefficient (Wildman–Crippen LogP) is 4.26. The van der Waals surface area contributed by atoms with E-state index in [1.807, 2.05) is 29.6 Å². The lowest BCUT2D eigenvalue weighted by Crippen LogP contribution is -2.13. The Hall–Kier alpha value is -2.79. The molecule has 23 heavy (non-hydrogen) atoms. The van der Waals surface area contributed by atoms with Crippen LogP contribution in [0.1, 0.15) is 10.4 Å². The molecule has 2 aromatic carbocycles. The SMILES string of the molecule is COc1cccc(C(=O)Nc2cc(-c3cccs3)ccc2N)c1. The number of anilines is 2. The highest BCUT2D eigenvalue weighted by Gasteiger charge is 2.10. The summed E-state index contributed by atoms with van der Waals surface area (Å²) in [5.74, 6) is 0.414. The zero-order valence-corrected chi connectivity index (χ0v) is 13.4. The number of ether oxygens (including phenoxy) is 1. The van der Waals surface area contributed by atoms with E-state index in [0.29, 0.717) is 22.7 Å². The van der Waals surface area contributed by atoms with Gasteiger partial charge in [-0.05, 0) is 47.3 Å². The molecule has 0 radical (unpaired) electrons. The molecule has 4 nitrogen and oxygen atoms in total. The molecule has 3 rings (SSSR count). The summed E-state index contributed by atoms with van der Waals surface area (Å²) in [5.41, 5.74) is 8.66. The van der Waals surface area contributed by atoms with E-state index in [4.69, 9.17) is 10.5 Å². The molecule has 0 fully saturated rings. The Morgan fingerprint density at radius 3 is 2.74 bits per heavy atom. The fraction of sp³-hybridized carbons (Fsp3) is 0.0556. The van der Waals surface area contributed by atoms with Crippen LogP contribution in [0.15, 0.2) is 60.0 Å². The molecule has 0 aliphatic carbocycles. The quantitative estimate of drug-likeness (QED) is 0.705. The van der Waals surface area contributed by atoms with Gasteiger partial charge >= 0.3 is 0 Å². The second-order valence-electron chi connectivity index (χ2n) is 4.97. The first kappa shape index (κ1) is 15.1. The number of carbonyl (C=O) groups is 1. The lowest BCUT2D eigenvalue weighted by molar-refractivity contribution is 0.102. The van der Waals surface area contributed by atoms with Crippen molar-refractivity contribution in [2.75, 3.05) is 18.2 Å². The maximum Gasteiger partial charge on any atom is 0.255 e. The molecule has 5 heteroatoms. The Labute approximate surface area is 138 Å². The molecule has 1 amide bonds. The molecule has 0 aliphatic heterocycles. The van der Waals surface area contributed by atoms with E-state index in [1.54, 1.807) is 48.8 Å². The van der Waals surface area contributed by atoms with Crippen LogP contribution in [0.5, 0.6) is 5.75 Å². The van der Waals surface area contributed by atoms with Gasteiger partial charge in [-0.25, -0.2) is 0 Å². The Morgan fingerprint density at radius 2 is 2.00 bits per heavy atom. The highest BCUT2D eigenvalue weighted by molar-refractivity contribution is 7.13. The van der Waals surface area contributed by atoms with Crippen LogP contribution in [-0.2, 0) is 0 Å². The van der Waals surface area contributed by atoms with Crippen molar-refractivity contribution in [1.29, 1.82) is 0 Å². The van der Waals surface area contributed by atoms with Gasteiger partial charge in [0.05, 0.1) is 18.5 Å². The molecular weight excluding hydrogens is 308 g/mol. The summed E-state index contributed by atoms with van der Waals surface area (Å²) in [6.07, 6.45) is 0. The fourth-order valence-electron chi connectivity index (χ4n) is 2.22. The van der Waals surface area contributed by atoms with E-state index in [1.165, 1.54) is 0 Å². The van der Waals surface area contributed by atoms with E-state index < -0.39 is 0 Å². The fourth-order valence-corrected chi connectivity index (χ4v) is 2.94. The number of methoxy groups -OCH3 is 1. The Kier molecular flexibility index (Phi) is 4.30. The molecule has 1 heterocycles. The number of amides is 1. The number of nitrogens with two attached hydrogens (primary N) is 1. The van der Waals surface area contributed by atoms with Crippen molar-refractivity contribution < 1.29 is 9.53 Å². The molecule has 0 unspecified atom stereocenters. The summed E-state index contributed by atoms with van der Waals surface area (Å²) < 4.78 is 5.14. The molecule has 116 valence electrons. The third-order valence-corrected chi connectivity index (χ3v) is 4.36. The summed E-state index contributed by atoms with van der Waals surface area (Å²) >= 11 is 1.64. The topological polar surface area (TPSA) is 64.3 Å². The van der Waals surface area contributed by atoms with Crippen molar-refractivity contribution in [3.05, 3.63) is 65.5 Å². The second kappa shape index (κ2) is 6.54. The summed E-state index contributed by atoms with van der Waals surface area (Å²) in [7, 11) is 1.57. The lowest BCUT2D eigenvalue weighted by atomic mass is 10.1. The molecule has 3 aromatic rings. The number of thiophene rings is 1. The van der Waals surface area contributed by atoms with Gasteiger partial charge in [-0.1, -0.05) is 18.2 Å². The molecule has 0 saturated heterocycles. The number of nitrogens with one attached hydrogen (secondary N) is 1. The molecule has 0 spiro atoms. The lowest BCUT2D eigenvalue weighted by Gasteiger charge is -2.10. The van der Waals surface area contributed by atoms with Crippen LogP contribution in [-0.4, -0.2) is 13.0 Å². The van der Waals surface area contributed by atoms with Crippen molar-refractivity contribution in [3.8, 4) is 16.2 Å². The van der Waals surface area contributed by atoms with Gasteiger partial charge in [-0.2, -0.15) is 0 Å². The van der Waals surface area contributed by atoms with Gasteiger partial charge in [0.15, 0.2) is 0 Å². The summed E-state index contributed by atoms with van der Waals surface area (Å²) in [5, 5.41) is 4.88. The van der Waals surface area contributed by atoms with E-state index in [-0.39, 0.29) is 5.91 Å². The zero-order valence-electron chi connectivity index (χ0n) is 12.6. The first-order chi connectivity index (χ1) is 11.2. The van der Waals surface area contributed by atoms with Crippen molar-refractivity contribution in [3.63, 3.8) is 0 Å². The van der Waals surface area contributed by atoms with Crippen LogP contribution >= 0.6 is 11.3 Å². The van der Waals surface area contributed by atoms with Crippen LogP contribution in [0.2, 0.25) is 0 Å². The standard InChI is InChI=1S/C18H16N2O2S/c1-22-14-5-2-4-13(10-14)18(21)20-16-11-12(7-8-15(16)19)17-6-3-9-23-17/h2-11H,19H2,1H3,(H,20,21). The number of rotatable bonds is 4. The Morgan fingerprint density at radius 1 is 1.13 bits per heavy atom.